The van der Waals surface area contributed by atoms with Crippen molar-refractivity contribution in [3.05, 3.63) is 29.6 Å². The minimum atomic E-state index is -0.415. The summed E-state index contributed by atoms with van der Waals surface area (Å²) in [7, 11) is 1.56. The summed E-state index contributed by atoms with van der Waals surface area (Å²) in [6, 6.07) is 4.30. The number of halogens is 1. The van der Waals surface area contributed by atoms with Gasteiger partial charge in [-0.2, -0.15) is 0 Å². The maximum absolute atomic E-state index is 13.3. The van der Waals surface area contributed by atoms with Gasteiger partial charge in [0.25, 0.3) is 0 Å². The normalized spacial score (nSPS) is 10.1. The lowest BCUT2D eigenvalue weighted by molar-refractivity contribution is -0.119. The van der Waals surface area contributed by atoms with Gasteiger partial charge in [-0.05, 0) is 30.7 Å². The van der Waals surface area contributed by atoms with E-state index in [9.17, 15) is 9.18 Å². The van der Waals surface area contributed by atoms with Gasteiger partial charge in [0.1, 0.15) is 5.82 Å². The van der Waals surface area contributed by atoms with Gasteiger partial charge in [0.05, 0.1) is 13.2 Å². The summed E-state index contributed by atoms with van der Waals surface area (Å²) in [6.07, 6.45) is 0. The largest absolute Gasteiger partial charge is 0.392 e. The molecule has 2 N–H and O–H groups in total. The number of hydrogen-bond donors (Lipinski definition) is 2. The topological polar surface area (TPSA) is 52.6 Å². The van der Waals surface area contributed by atoms with Crippen molar-refractivity contribution in [2.45, 2.75) is 13.5 Å². The Hall–Kier alpha value is -1.62. The molecule has 5 heteroatoms. The molecule has 0 bridgehead atoms. The second-order valence-electron chi connectivity index (χ2n) is 3.66. The number of amides is 1. The van der Waals surface area contributed by atoms with E-state index in [0.717, 1.165) is 0 Å². The van der Waals surface area contributed by atoms with E-state index in [1.807, 2.05) is 6.92 Å². The SMILES string of the molecule is CCN(CC(=O)NC)c1cc(F)cc(CO)c1. The maximum Gasteiger partial charge on any atom is 0.239 e. The molecule has 0 unspecified atom stereocenters. The molecule has 0 heterocycles. The second kappa shape index (κ2) is 6.20. The Kier molecular flexibility index (Phi) is 4.90. The lowest BCUT2D eigenvalue weighted by Gasteiger charge is -2.22. The average Bonchev–Trinajstić information content (AvgIpc) is 2.34. The van der Waals surface area contributed by atoms with Crippen molar-refractivity contribution in [3.63, 3.8) is 0 Å². The predicted molar refractivity (Wildman–Crippen MR) is 64.3 cm³/mol. The number of nitrogens with one attached hydrogen (secondary N) is 1. The monoisotopic (exact) mass is 240 g/mol. The van der Waals surface area contributed by atoms with E-state index in [1.165, 1.54) is 12.1 Å². The molecule has 4 nitrogen and oxygen atoms in total. The number of carbonyl (C=O) groups is 1. The molecule has 0 aliphatic heterocycles. The van der Waals surface area contributed by atoms with Gasteiger partial charge in [0, 0.05) is 19.3 Å². The van der Waals surface area contributed by atoms with Crippen LogP contribution in [0, 0.1) is 5.82 Å². The predicted octanol–water partition coefficient (Wildman–Crippen LogP) is 0.890. The highest BCUT2D eigenvalue weighted by atomic mass is 19.1. The molecule has 0 spiro atoms. The van der Waals surface area contributed by atoms with Crippen LogP contribution in [0.3, 0.4) is 0 Å². The van der Waals surface area contributed by atoms with Crippen LogP contribution in [0.15, 0.2) is 18.2 Å². The number of benzene rings is 1. The zero-order valence-electron chi connectivity index (χ0n) is 10.0. The van der Waals surface area contributed by atoms with Crippen LogP contribution in [-0.2, 0) is 11.4 Å². The van der Waals surface area contributed by atoms with Gasteiger partial charge in [-0.1, -0.05) is 0 Å². The van der Waals surface area contributed by atoms with Crippen LogP contribution < -0.4 is 10.2 Å². The third-order valence-corrected chi connectivity index (χ3v) is 2.49. The fourth-order valence-electron chi connectivity index (χ4n) is 1.55. The van der Waals surface area contributed by atoms with Crippen molar-refractivity contribution in [1.29, 1.82) is 0 Å². The molecule has 0 aliphatic rings. The Balaban J connectivity index is 2.94. The highest BCUT2D eigenvalue weighted by molar-refractivity contribution is 5.81. The summed E-state index contributed by atoms with van der Waals surface area (Å²) in [6.45, 7) is 2.41. The van der Waals surface area contributed by atoms with Crippen LogP contribution in [0.2, 0.25) is 0 Å². The Labute approximate surface area is 100 Å². The fraction of sp³-hybridized carbons (Fsp3) is 0.417. The van der Waals surface area contributed by atoms with E-state index in [0.29, 0.717) is 17.8 Å². The van der Waals surface area contributed by atoms with Crippen LogP contribution in [0.1, 0.15) is 12.5 Å². The van der Waals surface area contributed by atoms with Gasteiger partial charge in [-0.3, -0.25) is 4.79 Å². The van der Waals surface area contributed by atoms with E-state index in [1.54, 1.807) is 18.0 Å². The minimum Gasteiger partial charge on any atom is -0.392 e. The lowest BCUT2D eigenvalue weighted by Crippen LogP contribution is -2.35. The molecule has 0 saturated heterocycles. The highest BCUT2D eigenvalue weighted by Gasteiger charge is 2.10. The number of aliphatic hydroxyl groups is 1. The number of anilines is 1. The number of carbonyl (C=O) groups excluding carboxylic acids is 1. The number of likely N-dealkylation sites (N-methyl/N-ethyl adjacent to an activating group) is 2. The lowest BCUT2D eigenvalue weighted by atomic mass is 10.2. The standard InChI is InChI=1S/C12H17FN2O2/c1-3-15(7-12(17)14-2)11-5-9(8-16)4-10(13)6-11/h4-6,16H,3,7-8H2,1-2H3,(H,14,17). The second-order valence-corrected chi connectivity index (χ2v) is 3.66. The molecule has 1 aromatic rings. The molecule has 0 saturated carbocycles. The molecule has 94 valence electrons. The first-order valence-corrected chi connectivity index (χ1v) is 5.46. The van der Waals surface area contributed by atoms with E-state index in [4.69, 9.17) is 5.11 Å². The van der Waals surface area contributed by atoms with E-state index in [2.05, 4.69) is 5.32 Å². The van der Waals surface area contributed by atoms with Crippen LogP contribution >= 0.6 is 0 Å². The minimum absolute atomic E-state index is 0.137. The number of aliphatic hydroxyl groups excluding tert-OH is 1. The summed E-state index contributed by atoms with van der Waals surface area (Å²) < 4.78 is 13.3. The number of hydrogen-bond acceptors (Lipinski definition) is 3. The van der Waals surface area contributed by atoms with Crippen molar-refractivity contribution < 1.29 is 14.3 Å². The molecule has 1 amide bonds. The van der Waals surface area contributed by atoms with Crippen molar-refractivity contribution in [3.8, 4) is 0 Å². The number of nitrogens with zero attached hydrogens (tertiary/aromatic N) is 1. The average molecular weight is 240 g/mol. The molecule has 1 rings (SSSR count). The summed E-state index contributed by atoms with van der Waals surface area (Å²) >= 11 is 0. The van der Waals surface area contributed by atoms with Gasteiger partial charge >= 0.3 is 0 Å². The smallest absolute Gasteiger partial charge is 0.239 e. The van der Waals surface area contributed by atoms with Gasteiger partial charge < -0.3 is 15.3 Å². The molecule has 0 atom stereocenters. The van der Waals surface area contributed by atoms with Crippen LogP contribution in [0.25, 0.3) is 0 Å². The van der Waals surface area contributed by atoms with Crippen LogP contribution in [0.5, 0.6) is 0 Å². The van der Waals surface area contributed by atoms with Crippen molar-refractivity contribution in [1.82, 2.24) is 5.32 Å². The molecule has 1 aromatic carbocycles. The Bertz CT molecular complexity index is 396. The Morgan fingerprint density at radius 3 is 2.71 bits per heavy atom. The molecule has 0 aliphatic carbocycles. The fourth-order valence-corrected chi connectivity index (χ4v) is 1.55. The molecule has 17 heavy (non-hydrogen) atoms. The molecule has 0 radical (unpaired) electrons. The highest BCUT2D eigenvalue weighted by Crippen LogP contribution is 2.18. The first-order valence-electron chi connectivity index (χ1n) is 5.46. The molecular weight excluding hydrogens is 223 g/mol. The van der Waals surface area contributed by atoms with Crippen LogP contribution in [0.4, 0.5) is 10.1 Å². The van der Waals surface area contributed by atoms with Crippen molar-refractivity contribution >= 4 is 11.6 Å². The van der Waals surface area contributed by atoms with E-state index >= 15 is 0 Å². The maximum atomic E-state index is 13.3. The van der Waals surface area contributed by atoms with Gasteiger partial charge in [-0.25, -0.2) is 4.39 Å². The number of rotatable bonds is 5. The Morgan fingerprint density at radius 1 is 1.47 bits per heavy atom. The van der Waals surface area contributed by atoms with Gasteiger partial charge in [0.2, 0.25) is 5.91 Å². The first kappa shape index (κ1) is 13.4. The summed E-state index contributed by atoms with van der Waals surface area (Å²) in [5, 5.41) is 11.5. The first-order chi connectivity index (χ1) is 8.10. The summed E-state index contributed by atoms with van der Waals surface area (Å²) in [4.78, 5) is 13.0. The zero-order chi connectivity index (χ0) is 12.8. The third kappa shape index (κ3) is 3.71. The Morgan fingerprint density at radius 2 is 2.18 bits per heavy atom. The van der Waals surface area contributed by atoms with Crippen molar-refractivity contribution in [2.75, 3.05) is 25.0 Å². The van der Waals surface area contributed by atoms with Gasteiger partial charge in [-0.15, -0.1) is 0 Å². The third-order valence-electron chi connectivity index (χ3n) is 2.49. The molecule has 0 aromatic heterocycles. The van der Waals surface area contributed by atoms with Gasteiger partial charge in [0.15, 0.2) is 0 Å². The van der Waals surface area contributed by atoms with Crippen LogP contribution in [-0.4, -0.2) is 31.2 Å². The van der Waals surface area contributed by atoms with Crippen molar-refractivity contribution in [2.24, 2.45) is 0 Å². The van der Waals surface area contributed by atoms with E-state index < -0.39 is 5.82 Å². The summed E-state index contributed by atoms with van der Waals surface area (Å²) in [5.74, 6) is -0.552. The quantitative estimate of drug-likeness (QED) is 0.803. The zero-order valence-corrected chi connectivity index (χ0v) is 10.0. The van der Waals surface area contributed by atoms with E-state index in [-0.39, 0.29) is 19.1 Å². The molecular formula is C12H17FN2O2. The summed E-state index contributed by atoms with van der Waals surface area (Å²) in [5.41, 5.74) is 1.09. The molecule has 0 fully saturated rings.